The number of ether oxygens (including phenoxy) is 1. The summed E-state index contributed by atoms with van der Waals surface area (Å²) in [6.07, 6.45) is -0.0280. The largest absolute Gasteiger partial charge is 0.370 e. The lowest BCUT2D eigenvalue weighted by molar-refractivity contribution is 0.00243. The maximum Gasteiger partial charge on any atom is 0.0964 e. The van der Waals surface area contributed by atoms with Crippen LogP contribution in [0.5, 0.6) is 0 Å². The molecule has 3 rings (SSSR count). The second-order valence-corrected chi connectivity index (χ2v) is 5.70. The minimum absolute atomic E-state index is 0.0280. The number of hydrogen-bond acceptors (Lipinski definition) is 2. The third-order valence-corrected chi connectivity index (χ3v) is 4.09. The molecule has 0 aliphatic carbocycles. The zero-order valence-electron chi connectivity index (χ0n) is 10.9. The topological polar surface area (TPSA) is 21.3 Å². The van der Waals surface area contributed by atoms with E-state index in [2.05, 4.69) is 17.4 Å². The van der Waals surface area contributed by atoms with Gasteiger partial charge < -0.3 is 10.1 Å². The van der Waals surface area contributed by atoms with Crippen LogP contribution in [0.4, 0.5) is 0 Å². The Morgan fingerprint density at radius 2 is 1.85 bits per heavy atom. The second kappa shape index (κ2) is 6.15. The highest BCUT2D eigenvalue weighted by Crippen LogP contribution is 2.31. The Morgan fingerprint density at radius 1 is 1.05 bits per heavy atom. The van der Waals surface area contributed by atoms with Crippen LogP contribution < -0.4 is 5.32 Å². The summed E-state index contributed by atoms with van der Waals surface area (Å²) >= 11 is 12.1. The van der Waals surface area contributed by atoms with Crippen molar-refractivity contribution in [2.75, 3.05) is 13.2 Å². The van der Waals surface area contributed by atoms with Gasteiger partial charge in [-0.3, -0.25) is 0 Å². The lowest BCUT2D eigenvalue weighted by Gasteiger charge is -2.31. The first-order valence-electron chi connectivity index (χ1n) is 6.59. The molecule has 2 unspecified atom stereocenters. The highest BCUT2D eigenvalue weighted by molar-refractivity contribution is 6.35. The minimum Gasteiger partial charge on any atom is -0.370 e. The summed E-state index contributed by atoms with van der Waals surface area (Å²) in [5.74, 6) is 0. The first-order chi connectivity index (χ1) is 9.74. The molecular weight excluding hydrogens is 293 g/mol. The summed E-state index contributed by atoms with van der Waals surface area (Å²) in [5.41, 5.74) is 2.23. The van der Waals surface area contributed by atoms with Crippen LogP contribution in [0.1, 0.15) is 23.3 Å². The van der Waals surface area contributed by atoms with E-state index >= 15 is 0 Å². The first-order valence-corrected chi connectivity index (χ1v) is 7.34. The van der Waals surface area contributed by atoms with Crippen LogP contribution in [-0.2, 0) is 4.74 Å². The third-order valence-electron chi connectivity index (χ3n) is 3.53. The average molecular weight is 308 g/mol. The number of benzene rings is 2. The lowest BCUT2D eigenvalue weighted by Crippen LogP contribution is -2.36. The van der Waals surface area contributed by atoms with Gasteiger partial charge in [0.2, 0.25) is 0 Å². The van der Waals surface area contributed by atoms with Gasteiger partial charge in [0.25, 0.3) is 0 Å². The second-order valence-electron chi connectivity index (χ2n) is 4.86. The number of halogens is 2. The van der Waals surface area contributed by atoms with Crippen molar-refractivity contribution in [3.05, 3.63) is 69.7 Å². The molecule has 0 saturated carbocycles. The van der Waals surface area contributed by atoms with Crippen LogP contribution in [-0.4, -0.2) is 13.2 Å². The molecule has 2 nitrogen and oxygen atoms in total. The van der Waals surface area contributed by atoms with E-state index in [1.54, 1.807) is 6.07 Å². The Balaban J connectivity index is 1.69. The molecular formula is C16H15Cl2NO. The van der Waals surface area contributed by atoms with E-state index < -0.39 is 0 Å². The van der Waals surface area contributed by atoms with Crippen LogP contribution >= 0.6 is 23.2 Å². The quantitative estimate of drug-likeness (QED) is 0.888. The van der Waals surface area contributed by atoms with Gasteiger partial charge >= 0.3 is 0 Å². The van der Waals surface area contributed by atoms with Gasteiger partial charge in [-0.15, -0.1) is 0 Å². The minimum atomic E-state index is -0.0280. The van der Waals surface area contributed by atoms with Gasteiger partial charge in [0.15, 0.2) is 0 Å². The fourth-order valence-electron chi connectivity index (χ4n) is 2.44. The molecule has 0 spiro atoms. The van der Waals surface area contributed by atoms with Crippen molar-refractivity contribution in [3.8, 4) is 0 Å². The van der Waals surface area contributed by atoms with Crippen molar-refractivity contribution in [1.82, 2.24) is 5.32 Å². The van der Waals surface area contributed by atoms with Crippen LogP contribution in [0.25, 0.3) is 0 Å². The molecule has 0 radical (unpaired) electrons. The molecule has 1 heterocycles. The van der Waals surface area contributed by atoms with Gasteiger partial charge in [-0.1, -0.05) is 59.6 Å². The Morgan fingerprint density at radius 3 is 2.50 bits per heavy atom. The zero-order chi connectivity index (χ0) is 13.9. The number of nitrogens with one attached hydrogen (secondary N) is 1. The molecule has 1 aliphatic rings. The molecule has 0 amide bonds. The van der Waals surface area contributed by atoms with Crippen molar-refractivity contribution in [3.63, 3.8) is 0 Å². The Hall–Kier alpha value is -1.06. The molecule has 2 atom stereocenters. The predicted octanol–water partition coefficient (Wildman–Crippen LogP) is 4.40. The van der Waals surface area contributed by atoms with Gasteiger partial charge in [-0.25, -0.2) is 0 Å². The summed E-state index contributed by atoms with van der Waals surface area (Å²) in [7, 11) is 0. The Labute approximate surface area is 128 Å². The van der Waals surface area contributed by atoms with E-state index in [9.17, 15) is 0 Å². The summed E-state index contributed by atoms with van der Waals surface area (Å²) < 4.78 is 5.96. The molecule has 1 aliphatic heterocycles. The maximum atomic E-state index is 6.22. The van der Waals surface area contributed by atoms with E-state index in [0.29, 0.717) is 16.7 Å². The predicted molar refractivity (Wildman–Crippen MR) is 82.3 cm³/mol. The molecule has 0 bridgehead atoms. The van der Waals surface area contributed by atoms with Crippen LogP contribution in [0.2, 0.25) is 10.0 Å². The molecule has 4 heteroatoms. The van der Waals surface area contributed by atoms with Gasteiger partial charge in [0, 0.05) is 22.2 Å². The standard InChI is InChI=1S/C16H15Cl2NO/c17-12-6-7-13(14(18)8-12)16-9-19-15(10-20-16)11-4-2-1-3-5-11/h1-8,15-16,19H,9-10H2. The first kappa shape index (κ1) is 13.9. The molecule has 104 valence electrons. The van der Waals surface area contributed by atoms with E-state index in [0.717, 1.165) is 12.1 Å². The molecule has 1 fully saturated rings. The fourth-order valence-corrected chi connectivity index (χ4v) is 2.97. The zero-order valence-corrected chi connectivity index (χ0v) is 12.4. The van der Waals surface area contributed by atoms with Gasteiger partial charge in [0.1, 0.15) is 0 Å². The monoisotopic (exact) mass is 307 g/mol. The number of hydrogen-bond donors (Lipinski definition) is 1. The molecule has 2 aromatic rings. The summed E-state index contributed by atoms with van der Waals surface area (Å²) in [4.78, 5) is 0. The summed E-state index contributed by atoms with van der Waals surface area (Å²) in [6.45, 7) is 1.37. The summed E-state index contributed by atoms with van der Waals surface area (Å²) in [6, 6.07) is 16.1. The fraction of sp³-hybridized carbons (Fsp3) is 0.250. The molecule has 1 N–H and O–H groups in total. The highest BCUT2D eigenvalue weighted by atomic mass is 35.5. The SMILES string of the molecule is Clc1ccc(C2CNC(c3ccccc3)CO2)c(Cl)c1. The van der Waals surface area contributed by atoms with Crippen molar-refractivity contribution >= 4 is 23.2 Å². The third kappa shape index (κ3) is 2.99. The Kier molecular flexibility index (Phi) is 4.27. The van der Waals surface area contributed by atoms with E-state index in [1.165, 1.54) is 5.56 Å². The van der Waals surface area contributed by atoms with E-state index in [1.807, 2.05) is 30.3 Å². The van der Waals surface area contributed by atoms with Crippen LogP contribution in [0.3, 0.4) is 0 Å². The van der Waals surface area contributed by atoms with Gasteiger partial charge in [-0.05, 0) is 17.7 Å². The van der Waals surface area contributed by atoms with Gasteiger partial charge in [0.05, 0.1) is 18.8 Å². The van der Waals surface area contributed by atoms with Crippen molar-refractivity contribution < 1.29 is 4.74 Å². The molecule has 1 saturated heterocycles. The Bertz CT molecular complexity index is 580. The van der Waals surface area contributed by atoms with Crippen LogP contribution in [0.15, 0.2) is 48.5 Å². The molecule has 0 aromatic heterocycles. The van der Waals surface area contributed by atoms with Crippen LogP contribution in [0, 0.1) is 0 Å². The summed E-state index contributed by atoms with van der Waals surface area (Å²) in [5, 5.41) is 4.81. The molecule has 20 heavy (non-hydrogen) atoms. The van der Waals surface area contributed by atoms with E-state index in [4.69, 9.17) is 27.9 Å². The van der Waals surface area contributed by atoms with Crippen molar-refractivity contribution in [2.45, 2.75) is 12.1 Å². The van der Waals surface area contributed by atoms with Gasteiger partial charge in [-0.2, -0.15) is 0 Å². The number of rotatable bonds is 2. The van der Waals surface area contributed by atoms with Crippen molar-refractivity contribution in [2.24, 2.45) is 0 Å². The van der Waals surface area contributed by atoms with E-state index in [-0.39, 0.29) is 12.1 Å². The molecule has 2 aromatic carbocycles. The average Bonchev–Trinajstić information content (AvgIpc) is 2.48. The van der Waals surface area contributed by atoms with Crippen molar-refractivity contribution in [1.29, 1.82) is 0 Å². The highest BCUT2D eigenvalue weighted by Gasteiger charge is 2.24. The normalized spacial score (nSPS) is 22.7. The lowest BCUT2D eigenvalue weighted by atomic mass is 10.0. The maximum absolute atomic E-state index is 6.22. The smallest absolute Gasteiger partial charge is 0.0964 e. The number of morpholine rings is 1.